The van der Waals surface area contributed by atoms with Crippen LogP contribution in [0.3, 0.4) is 0 Å². The third-order valence-electron chi connectivity index (χ3n) is 4.03. The molecule has 0 radical (unpaired) electrons. The van der Waals surface area contributed by atoms with Gasteiger partial charge in [0.2, 0.25) is 0 Å². The first-order valence-corrected chi connectivity index (χ1v) is 7.59. The number of rotatable bonds is 5. The fraction of sp³-hybridized carbons (Fsp3) is 0.833. The molecule has 2 aliphatic carbocycles. The zero-order valence-corrected chi connectivity index (χ0v) is 11.4. The molecule has 2 saturated carbocycles. The van der Waals surface area contributed by atoms with Crippen molar-refractivity contribution in [1.82, 2.24) is 10.6 Å². The maximum Gasteiger partial charge on any atom is 0.329 e. The van der Waals surface area contributed by atoms with Crippen LogP contribution in [0, 0.1) is 0 Å². The van der Waals surface area contributed by atoms with Crippen LogP contribution in [0.25, 0.3) is 0 Å². The van der Waals surface area contributed by atoms with E-state index in [2.05, 4.69) is 16.9 Å². The van der Waals surface area contributed by atoms with Crippen LogP contribution in [0.4, 0.5) is 4.79 Å². The molecule has 3 N–H and O–H groups in total. The SMILES string of the molecule is CSC1(CNC(=O)NC2(C(=O)O)CC2)CCCC1. The minimum absolute atomic E-state index is 0.150. The molecule has 0 spiro atoms. The first-order valence-electron chi connectivity index (χ1n) is 6.37. The van der Waals surface area contributed by atoms with E-state index in [1.54, 1.807) is 11.8 Å². The fourth-order valence-corrected chi connectivity index (χ4v) is 3.41. The van der Waals surface area contributed by atoms with Gasteiger partial charge in [-0.25, -0.2) is 9.59 Å². The van der Waals surface area contributed by atoms with Gasteiger partial charge < -0.3 is 15.7 Å². The Morgan fingerprint density at radius 3 is 2.28 bits per heavy atom. The number of hydrogen-bond acceptors (Lipinski definition) is 3. The third kappa shape index (κ3) is 2.74. The summed E-state index contributed by atoms with van der Waals surface area (Å²) >= 11 is 1.80. The number of aliphatic carboxylic acids is 1. The highest BCUT2D eigenvalue weighted by atomic mass is 32.2. The van der Waals surface area contributed by atoms with Crippen LogP contribution >= 0.6 is 11.8 Å². The van der Waals surface area contributed by atoms with E-state index < -0.39 is 11.5 Å². The van der Waals surface area contributed by atoms with Crippen LogP contribution in [-0.2, 0) is 4.79 Å². The number of urea groups is 1. The van der Waals surface area contributed by atoms with Crippen molar-refractivity contribution < 1.29 is 14.7 Å². The number of carboxylic acid groups (broad SMARTS) is 1. The molecule has 0 aromatic rings. The Kier molecular flexibility index (Phi) is 3.75. The van der Waals surface area contributed by atoms with E-state index in [9.17, 15) is 9.59 Å². The quantitative estimate of drug-likeness (QED) is 0.710. The van der Waals surface area contributed by atoms with Gasteiger partial charge in [0.05, 0.1) is 0 Å². The number of carbonyl (C=O) groups is 2. The van der Waals surface area contributed by atoms with Gasteiger partial charge in [-0.1, -0.05) is 12.8 Å². The summed E-state index contributed by atoms with van der Waals surface area (Å²) in [6.45, 7) is 0.621. The first kappa shape index (κ1) is 13.5. The summed E-state index contributed by atoms with van der Waals surface area (Å²) in [7, 11) is 0. The monoisotopic (exact) mass is 272 g/mol. The summed E-state index contributed by atoms with van der Waals surface area (Å²) in [6.07, 6.45) is 7.81. The predicted octanol–water partition coefficient (Wildman–Crippen LogP) is 1.58. The highest BCUT2D eigenvalue weighted by molar-refractivity contribution is 8.00. The Morgan fingerprint density at radius 1 is 1.22 bits per heavy atom. The van der Waals surface area contributed by atoms with E-state index in [1.165, 1.54) is 12.8 Å². The van der Waals surface area contributed by atoms with Crippen LogP contribution < -0.4 is 10.6 Å². The lowest BCUT2D eigenvalue weighted by Gasteiger charge is -2.27. The molecule has 2 amide bonds. The molecular weight excluding hydrogens is 252 g/mol. The molecule has 0 atom stereocenters. The minimum Gasteiger partial charge on any atom is -0.480 e. The smallest absolute Gasteiger partial charge is 0.329 e. The van der Waals surface area contributed by atoms with Crippen molar-refractivity contribution in [3.05, 3.63) is 0 Å². The second-order valence-electron chi connectivity index (χ2n) is 5.29. The number of thioether (sulfide) groups is 1. The van der Waals surface area contributed by atoms with Crippen molar-refractivity contribution >= 4 is 23.8 Å². The molecular formula is C12H20N2O3S. The molecule has 0 saturated heterocycles. The molecule has 2 fully saturated rings. The summed E-state index contributed by atoms with van der Waals surface area (Å²) in [6, 6.07) is -0.352. The Bertz CT molecular complexity index is 349. The highest BCUT2D eigenvalue weighted by Gasteiger charge is 2.51. The summed E-state index contributed by atoms with van der Waals surface area (Å²) in [4.78, 5) is 22.7. The number of hydrogen-bond donors (Lipinski definition) is 3. The molecule has 0 unspecified atom stereocenters. The van der Waals surface area contributed by atoms with E-state index in [0.717, 1.165) is 12.8 Å². The van der Waals surface area contributed by atoms with Crippen molar-refractivity contribution in [3.63, 3.8) is 0 Å². The number of nitrogens with one attached hydrogen (secondary N) is 2. The molecule has 6 heteroatoms. The molecule has 0 aliphatic heterocycles. The van der Waals surface area contributed by atoms with Crippen molar-refractivity contribution in [3.8, 4) is 0 Å². The van der Waals surface area contributed by atoms with Crippen molar-refractivity contribution in [1.29, 1.82) is 0 Å². The maximum absolute atomic E-state index is 11.7. The van der Waals surface area contributed by atoms with Gasteiger partial charge in [0.1, 0.15) is 5.54 Å². The average Bonchev–Trinajstić information content (AvgIpc) is 2.98. The van der Waals surface area contributed by atoms with Gasteiger partial charge in [0, 0.05) is 11.3 Å². The van der Waals surface area contributed by atoms with Gasteiger partial charge >= 0.3 is 12.0 Å². The Balaban J connectivity index is 1.80. The standard InChI is InChI=1S/C12H20N2O3S/c1-18-11(4-2-3-5-11)8-13-10(17)14-12(6-7-12)9(15)16/h2-8H2,1H3,(H,15,16)(H2,13,14,17). The van der Waals surface area contributed by atoms with E-state index >= 15 is 0 Å². The Hall–Kier alpha value is -0.910. The van der Waals surface area contributed by atoms with Crippen LogP contribution in [0.15, 0.2) is 0 Å². The summed E-state index contributed by atoms with van der Waals surface area (Å²) in [5, 5.41) is 14.4. The Labute approximate surface area is 111 Å². The number of amides is 2. The molecule has 0 aromatic heterocycles. The molecule has 2 aliphatic rings. The number of carbonyl (C=O) groups excluding carboxylic acids is 1. The third-order valence-corrected chi connectivity index (χ3v) is 5.45. The number of carboxylic acids is 1. The van der Waals surface area contributed by atoms with Crippen LogP contribution in [-0.4, -0.2) is 40.2 Å². The molecule has 5 nitrogen and oxygen atoms in total. The van der Waals surface area contributed by atoms with Crippen LogP contribution in [0.5, 0.6) is 0 Å². The fourth-order valence-electron chi connectivity index (χ4n) is 2.49. The minimum atomic E-state index is -0.994. The summed E-state index contributed by atoms with van der Waals surface area (Å²) in [5.74, 6) is -0.932. The maximum atomic E-state index is 11.7. The van der Waals surface area contributed by atoms with Gasteiger partial charge in [0.25, 0.3) is 0 Å². The lowest BCUT2D eigenvalue weighted by atomic mass is 10.1. The Morgan fingerprint density at radius 2 is 1.83 bits per heavy atom. The van der Waals surface area contributed by atoms with Gasteiger partial charge in [-0.05, 0) is 31.9 Å². The zero-order valence-electron chi connectivity index (χ0n) is 10.6. The second-order valence-corrected chi connectivity index (χ2v) is 6.56. The second kappa shape index (κ2) is 4.99. The predicted molar refractivity (Wildman–Crippen MR) is 70.8 cm³/mol. The van der Waals surface area contributed by atoms with Gasteiger partial charge in [0.15, 0.2) is 0 Å². The lowest BCUT2D eigenvalue weighted by molar-refractivity contribution is -0.140. The van der Waals surface area contributed by atoms with Crippen molar-refractivity contribution in [2.75, 3.05) is 12.8 Å². The van der Waals surface area contributed by atoms with Crippen LogP contribution in [0.2, 0.25) is 0 Å². The average molecular weight is 272 g/mol. The van der Waals surface area contributed by atoms with E-state index in [-0.39, 0.29) is 10.8 Å². The largest absolute Gasteiger partial charge is 0.480 e. The normalized spacial score (nSPS) is 23.4. The van der Waals surface area contributed by atoms with Crippen LogP contribution in [0.1, 0.15) is 38.5 Å². The molecule has 102 valence electrons. The van der Waals surface area contributed by atoms with Gasteiger partial charge in [-0.2, -0.15) is 11.8 Å². The van der Waals surface area contributed by atoms with Crippen molar-refractivity contribution in [2.45, 2.75) is 48.8 Å². The molecule has 0 aromatic carbocycles. The molecule has 2 rings (SSSR count). The van der Waals surface area contributed by atoms with Gasteiger partial charge in [-0.15, -0.1) is 0 Å². The highest BCUT2D eigenvalue weighted by Crippen LogP contribution is 2.39. The summed E-state index contributed by atoms with van der Waals surface area (Å²) < 4.78 is 0.150. The topological polar surface area (TPSA) is 78.4 Å². The summed E-state index contributed by atoms with van der Waals surface area (Å²) in [5.41, 5.74) is -0.994. The van der Waals surface area contributed by atoms with Crippen molar-refractivity contribution in [2.24, 2.45) is 0 Å². The van der Waals surface area contributed by atoms with E-state index in [1.807, 2.05) is 0 Å². The lowest BCUT2D eigenvalue weighted by Crippen LogP contribution is -2.50. The zero-order chi connectivity index (χ0) is 13.2. The van der Waals surface area contributed by atoms with E-state index in [4.69, 9.17) is 5.11 Å². The molecule has 0 bridgehead atoms. The molecule has 0 heterocycles. The molecule has 18 heavy (non-hydrogen) atoms. The first-order chi connectivity index (χ1) is 8.52. The van der Waals surface area contributed by atoms with E-state index in [0.29, 0.717) is 19.4 Å². The van der Waals surface area contributed by atoms with Gasteiger partial charge in [-0.3, -0.25) is 0 Å².